The molecule has 6 heteroatoms. The minimum absolute atomic E-state index is 0.0163. The highest BCUT2D eigenvalue weighted by atomic mass is 79.9. The van der Waals surface area contributed by atoms with Gasteiger partial charge in [0.1, 0.15) is 5.75 Å². The molecule has 0 aliphatic rings. The summed E-state index contributed by atoms with van der Waals surface area (Å²) >= 11 is 8.51. The largest absolute Gasteiger partial charge is 0.490 e. The van der Waals surface area contributed by atoms with E-state index < -0.39 is 0 Å². The molecule has 1 aromatic carbocycles. The van der Waals surface area contributed by atoms with Crippen molar-refractivity contribution in [1.82, 2.24) is 10.6 Å². The Hall–Kier alpha value is -1.14. The van der Waals surface area contributed by atoms with Gasteiger partial charge in [-0.15, -0.1) is 0 Å². The second-order valence-corrected chi connectivity index (χ2v) is 7.29. The zero-order chi connectivity index (χ0) is 16.2. The van der Waals surface area contributed by atoms with Crippen LogP contribution in [-0.2, 0) is 0 Å². The topological polar surface area (TPSA) is 50.4 Å². The third kappa shape index (κ3) is 6.44. The van der Waals surface area contributed by atoms with Gasteiger partial charge in [0, 0.05) is 10.0 Å². The van der Waals surface area contributed by atoms with Crippen molar-refractivity contribution in [2.24, 2.45) is 0 Å². The summed E-state index contributed by atoms with van der Waals surface area (Å²) in [5.41, 5.74) is 0.231. The van der Waals surface area contributed by atoms with Crippen molar-refractivity contribution in [2.75, 3.05) is 0 Å². The molecule has 21 heavy (non-hydrogen) atoms. The van der Waals surface area contributed by atoms with Crippen molar-refractivity contribution < 1.29 is 9.53 Å². The van der Waals surface area contributed by atoms with Gasteiger partial charge in [0.2, 0.25) is 0 Å². The minimum Gasteiger partial charge on any atom is -0.490 e. The Kier molecular flexibility index (Phi) is 6.16. The number of benzene rings is 1. The van der Waals surface area contributed by atoms with Crippen molar-refractivity contribution in [1.29, 1.82) is 0 Å². The Morgan fingerprint density at radius 3 is 2.48 bits per heavy atom. The smallest absolute Gasteiger partial charge is 0.261 e. The van der Waals surface area contributed by atoms with Crippen LogP contribution in [0.25, 0.3) is 0 Å². The fourth-order valence-corrected chi connectivity index (χ4v) is 2.34. The SMILES string of the molecule is CC(C)Oc1ccc(Br)cc1C(=O)NC(=S)NC(C)(C)C. The van der Waals surface area contributed by atoms with Crippen LogP contribution in [-0.4, -0.2) is 22.7 Å². The molecule has 0 unspecified atom stereocenters. The number of hydrogen-bond acceptors (Lipinski definition) is 3. The van der Waals surface area contributed by atoms with Crippen LogP contribution >= 0.6 is 28.1 Å². The molecule has 0 aliphatic carbocycles. The molecule has 0 atom stereocenters. The Morgan fingerprint density at radius 2 is 1.95 bits per heavy atom. The molecule has 0 bridgehead atoms. The summed E-state index contributed by atoms with van der Waals surface area (Å²) < 4.78 is 6.46. The van der Waals surface area contributed by atoms with Gasteiger partial charge in [0.25, 0.3) is 5.91 Å². The maximum Gasteiger partial charge on any atom is 0.261 e. The molecule has 1 aromatic rings. The molecular weight excluding hydrogens is 352 g/mol. The quantitative estimate of drug-likeness (QED) is 0.795. The van der Waals surface area contributed by atoms with Crippen molar-refractivity contribution in [3.05, 3.63) is 28.2 Å². The first-order chi connectivity index (χ1) is 9.58. The number of halogens is 1. The Labute approximate surface area is 139 Å². The molecule has 0 spiro atoms. The van der Waals surface area contributed by atoms with Gasteiger partial charge >= 0.3 is 0 Å². The predicted octanol–water partition coefficient (Wildman–Crippen LogP) is 3.64. The lowest BCUT2D eigenvalue weighted by Crippen LogP contribution is -2.48. The average molecular weight is 373 g/mol. The maximum atomic E-state index is 12.4. The van der Waals surface area contributed by atoms with E-state index in [-0.39, 0.29) is 17.6 Å². The fraction of sp³-hybridized carbons (Fsp3) is 0.467. The highest BCUT2D eigenvalue weighted by Crippen LogP contribution is 2.24. The minimum atomic E-state index is -0.297. The molecule has 0 saturated carbocycles. The number of carbonyl (C=O) groups is 1. The summed E-state index contributed by atoms with van der Waals surface area (Å²) in [6.07, 6.45) is -0.0163. The number of ether oxygens (including phenoxy) is 1. The van der Waals surface area contributed by atoms with Crippen LogP contribution in [0.1, 0.15) is 45.0 Å². The Morgan fingerprint density at radius 1 is 1.33 bits per heavy atom. The number of amides is 1. The van der Waals surface area contributed by atoms with Gasteiger partial charge in [-0.3, -0.25) is 10.1 Å². The van der Waals surface area contributed by atoms with Gasteiger partial charge in [0.15, 0.2) is 5.11 Å². The molecule has 4 nitrogen and oxygen atoms in total. The maximum absolute atomic E-state index is 12.4. The third-order valence-corrected chi connectivity index (χ3v) is 2.96. The molecule has 0 radical (unpaired) electrons. The average Bonchev–Trinajstić information content (AvgIpc) is 2.28. The molecule has 0 heterocycles. The zero-order valence-electron chi connectivity index (χ0n) is 12.9. The van der Waals surface area contributed by atoms with Crippen LogP contribution in [0, 0.1) is 0 Å². The lowest BCUT2D eigenvalue weighted by atomic mass is 10.1. The van der Waals surface area contributed by atoms with Gasteiger partial charge in [-0.2, -0.15) is 0 Å². The van der Waals surface area contributed by atoms with Gasteiger partial charge in [-0.25, -0.2) is 0 Å². The van der Waals surface area contributed by atoms with Gasteiger partial charge in [-0.05, 0) is 65.0 Å². The molecule has 0 aromatic heterocycles. The van der Waals surface area contributed by atoms with Crippen molar-refractivity contribution >= 4 is 39.2 Å². The number of carbonyl (C=O) groups excluding carboxylic acids is 1. The standard InChI is InChI=1S/C15H21BrN2O2S/c1-9(2)20-12-7-6-10(16)8-11(12)13(19)17-14(21)18-15(3,4)5/h6-9H,1-5H3,(H2,17,18,19,21). The first-order valence-corrected chi connectivity index (χ1v) is 7.88. The lowest BCUT2D eigenvalue weighted by molar-refractivity contribution is 0.0970. The molecule has 0 fully saturated rings. The van der Waals surface area contributed by atoms with Crippen molar-refractivity contribution in [3.63, 3.8) is 0 Å². The van der Waals surface area contributed by atoms with Crippen molar-refractivity contribution in [3.8, 4) is 5.75 Å². The first-order valence-electron chi connectivity index (χ1n) is 6.68. The fourth-order valence-electron chi connectivity index (χ4n) is 1.58. The van der Waals surface area contributed by atoms with E-state index in [1.165, 1.54) is 0 Å². The third-order valence-electron chi connectivity index (χ3n) is 2.26. The summed E-state index contributed by atoms with van der Waals surface area (Å²) in [5.74, 6) is 0.234. The second-order valence-electron chi connectivity index (χ2n) is 5.97. The number of nitrogens with one attached hydrogen (secondary N) is 2. The lowest BCUT2D eigenvalue weighted by Gasteiger charge is -2.23. The Balaban J connectivity index is 2.91. The van der Waals surface area contributed by atoms with Gasteiger partial charge < -0.3 is 10.1 Å². The number of rotatable bonds is 3. The molecule has 0 saturated heterocycles. The second kappa shape index (κ2) is 7.22. The van der Waals surface area contributed by atoms with E-state index in [4.69, 9.17) is 17.0 Å². The van der Waals surface area contributed by atoms with Gasteiger partial charge in [-0.1, -0.05) is 15.9 Å². The van der Waals surface area contributed by atoms with Crippen LogP contribution < -0.4 is 15.4 Å². The van der Waals surface area contributed by atoms with E-state index >= 15 is 0 Å². The van der Waals surface area contributed by atoms with E-state index in [2.05, 4.69) is 26.6 Å². The normalized spacial score (nSPS) is 11.2. The molecule has 1 amide bonds. The molecule has 1 rings (SSSR count). The highest BCUT2D eigenvalue weighted by molar-refractivity contribution is 9.10. The zero-order valence-corrected chi connectivity index (χ0v) is 15.3. The molecular formula is C15H21BrN2O2S. The molecule has 2 N–H and O–H groups in total. The Bertz CT molecular complexity index is 539. The van der Waals surface area contributed by atoms with Crippen molar-refractivity contribution in [2.45, 2.75) is 46.3 Å². The molecule has 116 valence electrons. The van der Waals surface area contributed by atoms with Gasteiger partial charge in [0.05, 0.1) is 11.7 Å². The van der Waals surface area contributed by atoms with E-state index in [9.17, 15) is 4.79 Å². The first kappa shape index (κ1) is 17.9. The number of thiocarbonyl (C=S) groups is 1. The summed E-state index contributed by atoms with van der Waals surface area (Å²) in [6, 6.07) is 5.31. The highest BCUT2D eigenvalue weighted by Gasteiger charge is 2.17. The monoisotopic (exact) mass is 372 g/mol. The summed E-state index contributed by atoms with van der Waals surface area (Å²) in [5, 5.41) is 6.01. The van der Waals surface area contributed by atoms with Crippen LogP contribution in [0.4, 0.5) is 0 Å². The van der Waals surface area contributed by atoms with E-state index in [0.29, 0.717) is 16.4 Å². The van der Waals surface area contributed by atoms with Crippen LogP contribution in [0.15, 0.2) is 22.7 Å². The summed E-state index contributed by atoms with van der Waals surface area (Å²) in [6.45, 7) is 9.73. The van der Waals surface area contributed by atoms with E-state index in [1.807, 2.05) is 40.7 Å². The predicted molar refractivity (Wildman–Crippen MR) is 92.9 cm³/mol. The van der Waals surface area contributed by atoms with Crippen LogP contribution in [0.5, 0.6) is 5.75 Å². The summed E-state index contributed by atoms with van der Waals surface area (Å²) in [7, 11) is 0. The van der Waals surface area contributed by atoms with Crippen LogP contribution in [0.2, 0.25) is 0 Å². The number of hydrogen-bond donors (Lipinski definition) is 2. The summed E-state index contributed by atoms with van der Waals surface area (Å²) in [4.78, 5) is 12.4. The van der Waals surface area contributed by atoms with E-state index in [1.54, 1.807) is 12.1 Å². The molecule has 0 aliphatic heterocycles. The van der Waals surface area contributed by atoms with Crippen LogP contribution in [0.3, 0.4) is 0 Å². The van der Waals surface area contributed by atoms with E-state index in [0.717, 1.165) is 4.47 Å².